The van der Waals surface area contributed by atoms with Gasteiger partial charge in [0, 0.05) is 23.7 Å². The van der Waals surface area contributed by atoms with Crippen molar-refractivity contribution in [3.8, 4) is 0 Å². The average Bonchev–Trinajstić information content (AvgIpc) is 2.45. The first-order chi connectivity index (χ1) is 9.72. The van der Waals surface area contributed by atoms with Gasteiger partial charge in [0.15, 0.2) is 0 Å². The van der Waals surface area contributed by atoms with Crippen LogP contribution in [0, 0.1) is 12.7 Å². The zero-order valence-electron chi connectivity index (χ0n) is 11.3. The van der Waals surface area contributed by atoms with E-state index in [1.165, 1.54) is 11.0 Å². The lowest BCUT2D eigenvalue weighted by molar-refractivity contribution is 0.499. The topological polar surface area (TPSA) is 37.8 Å². The van der Waals surface area contributed by atoms with E-state index in [4.69, 9.17) is 0 Å². The van der Waals surface area contributed by atoms with Gasteiger partial charge in [-0.25, -0.2) is 14.4 Å². The van der Waals surface area contributed by atoms with Crippen molar-refractivity contribution < 1.29 is 4.39 Å². The standard InChI is InChI=1S/C15H16FN3S/c1-10-17-6-4-12(19-10)9-18-14-5-7-20-15-3-2-11(16)8-13(14)15/h2-4,6,8,14,18H,5,7,9H2,1H3. The van der Waals surface area contributed by atoms with Crippen molar-refractivity contribution in [1.29, 1.82) is 0 Å². The van der Waals surface area contributed by atoms with E-state index in [9.17, 15) is 4.39 Å². The number of thioether (sulfide) groups is 1. The van der Waals surface area contributed by atoms with Crippen LogP contribution in [0.2, 0.25) is 0 Å². The van der Waals surface area contributed by atoms with Crippen molar-refractivity contribution in [2.75, 3.05) is 5.75 Å². The number of hydrogen-bond acceptors (Lipinski definition) is 4. The molecule has 0 bridgehead atoms. The van der Waals surface area contributed by atoms with E-state index in [2.05, 4.69) is 15.3 Å². The normalized spacial score (nSPS) is 17.8. The molecule has 1 aliphatic rings. The highest BCUT2D eigenvalue weighted by Crippen LogP contribution is 2.36. The fourth-order valence-electron chi connectivity index (χ4n) is 2.41. The summed E-state index contributed by atoms with van der Waals surface area (Å²) in [5.74, 6) is 1.66. The first kappa shape index (κ1) is 13.5. The van der Waals surface area contributed by atoms with Gasteiger partial charge in [-0.1, -0.05) is 0 Å². The van der Waals surface area contributed by atoms with Gasteiger partial charge in [-0.05, 0) is 48.9 Å². The van der Waals surface area contributed by atoms with E-state index < -0.39 is 0 Å². The number of hydrogen-bond donors (Lipinski definition) is 1. The summed E-state index contributed by atoms with van der Waals surface area (Å²) in [5.41, 5.74) is 2.03. The Hall–Kier alpha value is -1.46. The lowest BCUT2D eigenvalue weighted by Gasteiger charge is -2.26. The summed E-state index contributed by atoms with van der Waals surface area (Å²) in [6, 6.07) is 7.14. The molecule has 1 unspecified atom stereocenters. The van der Waals surface area contributed by atoms with Crippen LogP contribution in [-0.4, -0.2) is 15.7 Å². The molecule has 5 heteroatoms. The highest BCUT2D eigenvalue weighted by molar-refractivity contribution is 7.99. The molecule has 0 saturated carbocycles. The lowest BCUT2D eigenvalue weighted by Crippen LogP contribution is -2.25. The summed E-state index contributed by atoms with van der Waals surface area (Å²) < 4.78 is 13.4. The number of halogens is 1. The van der Waals surface area contributed by atoms with Gasteiger partial charge < -0.3 is 5.32 Å². The molecule has 1 N–H and O–H groups in total. The minimum Gasteiger partial charge on any atom is -0.304 e. The molecule has 0 fully saturated rings. The first-order valence-electron chi connectivity index (χ1n) is 6.66. The smallest absolute Gasteiger partial charge is 0.125 e. The van der Waals surface area contributed by atoms with Crippen molar-refractivity contribution in [3.05, 3.63) is 53.4 Å². The zero-order valence-corrected chi connectivity index (χ0v) is 12.1. The Morgan fingerprint density at radius 1 is 1.40 bits per heavy atom. The van der Waals surface area contributed by atoms with E-state index in [1.807, 2.05) is 19.1 Å². The number of benzene rings is 1. The van der Waals surface area contributed by atoms with Crippen molar-refractivity contribution in [2.24, 2.45) is 0 Å². The maximum Gasteiger partial charge on any atom is 0.125 e. The van der Waals surface area contributed by atoms with Crippen molar-refractivity contribution in [2.45, 2.75) is 30.8 Å². The van der Waals surface area contributed by atoms with E-state index in [0.717, 1.165) is 29.3 Å². The Morgan fingerprint density at radius 3 is 3.15 bits per heavy atom. The van der Waals surface area contributed by atoms with Gasteiger partial charge in [0.05, 0.1) is 5.69 Å². The fraction of sp³-hybridized carbons (Fsp3) is 0.333. The van der Waals surface area contributed by atoms with Gasteiger partial charge in [0.25, 0.3) is 0 Å². The number of fused-ring (bicyclic) bond motifs is 1. The van der Waals surface area contributed by atoms with Gasteiger partial charge in [-0.3, -0.25) is 0 Å². The van der Waals surface area contributed by atoms with E-state index >= 15 is 0 Å². The molecule has 2 aromatic rings. The van der Waals surface area contributed by atoms with Crippen LogP contribution in [0.25, 0.3) is 0 Å². The van der Waals surface area contributed by atoms with E-state index in [0.29, 0.717) is 6.54 Å². The van der Waals surface area contributed by atoms with Gasteiger partial charge in [-0.15, -0.1) is 11.8 Å². The molecule has 0 spiro atoms. The number of aromatic nitrogens is 2. The molecule has 0 aliphatic carbocycles. The number of rotatable bonds is 3. The minimum atomic E-state index is -0.170. The van der Waals surface area contributed by atoms with E-state index in [-0.39, 0.29) is 11.9 Å². The molecule has 104 valence electrons. The summed E-state index contributed by atoms with van der Waals surface area (Å²) >= 11 is 1.79. The van der Waals surface area contributed by atoms with Gasteiger partial charge in [-0.2, -0.15) is 0 Å². The second kappa shape index (κ2) is 5.89. The third-order valence-electron chi connectivity index (χ3n) is 3.37. The molecule has 1 aromatic carbocycles. The maximum atomic E-state index is 13.4. The zero-order chi connectivity index (χ0) is 13.9. The molecule has 1 atom stereocenters. The van der Waals surface area contributed by atoms with Crippen LogP contribution in [0.3, 0.4) is 0 Å². The molecule has 0 saturated heterocycles. The van der Waals surface area contributed by atoms with Crippen LogP contribution in [0.15, 0.2) is 35.4 Å². The predicted molar refractivity (Wildman–Crippen MR) is 78.1 cm³/mol. The predicted octanol–water partition coefficient (Wildman–Crippen LogP) is 3.25. The summed E-state index contributed by atoms with van der Waals surface area (Å²) in [5, 5.41) is 3.48. The number of nitrogens with zero attached hydrogens (tertiary/aromatic N) is 2. The molecular formula is C15H16FN3S. The molecule has 0 radical (unpaired) electrons. The van der Waals surface area contributed by atoms with Crippen molar-refractivity contribution >= 4 is 11.8 Å². The van der Waals surface area contributed by atoms with Crippen LogP contribution in [0.4, 0.5) is 4.39 Å². The largest absolute Gasteiger partial charge is 0.304 e. The highest BCUT2D eigenvalue weighted by atomic mass is 32.2. The lowest BCUT2D eigenvalue weighted by atomic mass is 10.0. The Morgan fingerprint density at radius 2 is 2.30 bits per heavy atom. The van der Waals surface area contributed by atoms with Gasteiger partial charge in [0.1, 0.15) is 11.6 Å². The summed E-state index contributed by atoms with van der Waals surface area (Å²) in [6.07, 6.45) is 2.77. The third-order valence-corrected chi connectivity index (χ3v) is 4.50. The maximum absolute atomic E-state index is 13.4. The summed E-state index contributed by atoms with van der Waals surface area (Å²) in [7, 11) is 0. The van der Waals surface area contributed by atoms with Crippen LogP contribution in [0.1, 0.15) is 29.5 Å². The fourth-order valence-corrected chi connectivity index (χ4v) is 3.51. The molecular weight excluding hydrogens is 273 g/mol. The Bertz CT molecular complexity index is 618. The van der Waals surface area contributed by atoms with Gasteiger partial charge in [0.2, 0.25) is 0 Å². The molecule has 1 aliphatic heterocycles. The van der Waals surface area contributed by atoms with Gasteiger partial charge >= 0.3 is 0 Å². The second-order valence-electron chi connectivity index (χ2n) is 4.85. The molecule has 0 amide bonds. The Balaban J connectivity index is 1.75. The van der Waals surface area contributed by atoms with Crippen molar-refractivity contribution in [1.82, 2.24) is 15.3 Å². The highest BCUT2D eigenvalue weighted by Gasteiger charge is 2.20. The monoisotopic (exact) mass is 289 g/mol. The molecule has 3 rings (SSSR count). The quantitative estimate of drug-likeness (QED) is 0.941. The van der Waals surface area contributed by atoms with Crippen LogP contribution in [-0.2, 0) is 6.54 Å². The SMILES string of the molecule is Cc1nccc(CNC2CCSc3ccc(F)cc32)n1. The third kappa shape index (κ3) is 2.99. The number of aryl methyl sites for hydroxylation is 1. The summed E-state index contributed by atoms with van der Waals surface area (Å²) in [6.45, 7) is 2.56. The van der Waals surface area contributed by atoms with Crippen LogP contribution in [0.5, 0.6) is 0 Å². The molecule has 20 heavy (non-hydrogen) atoms. The average molecular weight is 289 g/mol. The molecule has 1 aromatic heterocycles. The summed E-state index contributed by atoms with van der Waals surface area (Å²) in [4.78, 5) is 9.64. The van der Waals surface area contributed by atoms with Crippen LogP contribution < -0.4 is 5.32 Å². The molecule has 3 nitrogen and oxygen atoms in total. The van der Waals surface area contributed by atoms with E-state index in [1.54, 1.807) is 24.0 Å². The Labute approximate surface area is 122 Å². The Kier molecular flexibility index (Phi) is 3.98. The first-order valence-corrected chi connectivity index (χ1v) is 7.65. The number of nitrogens with one attached hydrogen (secondary N) is 1. The minimum absolute atomic E-state index is 0.170. The van der Waals surface area contributed by atoms with Crippen molar-refractivity contribution in [3.63, 3.8) is 0 Å². The van der Waals surface area contributed by atoms with Crippen LogP contribution >= 0.6 is 11.8 Å². The second-order valence-corrected chi connectivity index (χ2v) is 5.98. The molecule has 2 heterocycles.